The van der Waals surface area contributed by atoms with Gasteiger partial charge in [0.15, 0.2) is 0 Å². The quantitative estimate of drug-likeness (QED) is 0.499. The molecule has 0 amide bonds. The van der Waals surface area contributed by atoms with Crippen LogP contribution in [0, 0.1) is 20.8 Å². The van der Waals surface area contributed by atoms with Crippen molar-refractivity contribution in [1.29, 1.82) is 0 Å². The van der Waals surface area contributed by atoms with Gasteiger partial charge >= 0.3 is 5.97 Å². The lowest BCUT2D eigenvalue weighted by Gasteiger charge is -2.07. The number of carbonyl (C=O) groups is 1. The number of pyridine rings is 1. The van der Waals surface area contributed by atoms with E-state index < -0.39 is 0 Å². The average Bonchev–Trinajstić information content (AvgIpc) is 2.94. The number of hydrogen-bond acceptors (Lipinski definition) is 4. The van der Waals surface area contributed by atoms with Crippen molar-refractivity contribution in [2.45, 2.75) is 33.6 Å². The number of nitrogens with zero attached hydrogens (tertiary/aromatic N) is 3. The van der Waals surface area contributed by atoms with Crippen molar-refractivity contribution in [2.24, 2.45) is 0 Å². The van der Waals surface area contributed by atoms with Crippen LogP contribution in [0.25, 0.3) is 5.69 Å². The van der Waals surface area contributed by atoms with Crippen LogP contribution in [-0.4, -0.2) is 27.3 Å². The first-order valence-electron chi connectivity index (χ1n) is 8.77. The minimum absolute atomic E-state index is 0.320. The Hall–Kier alpha value is -2.95. The highest BCUT2D eigenvalue weighted by atomic mass is 16.5. The third kappa shape index (κ3) is 3.99. The highest BCUT2D eigenvalue weighted by Gasteiger charge is 2.20. The summed E-state index contributed by atoms with van der Waals surface area (Å²) in [6.45, 7) is 6.06. The van der Waals surface area contributed by atoms with Gasteiger partial charge in [0.05, 0.1) is 23.7 Å². The second-order valence-corrected chi connectivity index (χ2v) is 6.30. The van der Waals surface area contributed by atoms with Crippen LogP contribution in [0.15, 0.2) is 48.5 Å². The standard InChI is InChI=1S/C21H23N3O2/c1-15-9-7-10-18(22-15)11-8-14-26-21(25)20-16(2)23-24(17(20)3)19-12-5-4-6-13-19/h4-7,9-10,12-13H,8,11,14H2,1-3H3. The SMILES string of the molecule is Cc1cccc(CCCOC(=O)c2c(C)nn(-c3ccccc3)c2C)n1. The minimum atomic E-state index is -0.320. The monoisotopic (exact) mass is 349 g/mol. The van der Waals surface area contributed by atoms with Crippen molar-refractivity contribution in [1.82, 2.24) is 14.8 Å². The second-order valence-electron chi connectivity index (χ2n) is 6.30. The zero-order chi connectivity index (χ0) is 18.5. The van der Waals surface area contributed by atoms with Gasteiger partial charge in [0.25, 0.3) is 0 Å². The predicted octanol–water partition coefficient (Wildman–Crippen LogP) is 3.98. The summed E-state index contributed by atoms with van der Waals surface area (Å²) in [6, 6.07) is 15.7. The molecule has 0 N–H and O–H groups in total. The van der Waals surface area contributed by atoms with Crippen molar-refractivity contribution in [3.63, 3.8) is 0 Å². The van der Waals surface area contributed by atoms with E-state index in [0.29, 0.717) is 17.9 Å². The Morgan fingerprint density at radius 1 is 1.04 bits per heavy atom. The van der Waals surface area contributed by atoms with E-state index in [9.17, 15) is 4.79 Å². The smallest absolute Gasteiger partial charge is 0.341 e. The van der Waals surface area contributed by atoms with Gasteiger partial charge in [-0.15, -0.1) is 0 Å². The van der Waals surface area contributed by atoms with E-state index in [1.54, 1.807) is 4.68 Å². The van der Waals surface area contributed by atoms with Gasteiger partial charge in [-0.25, -0.2) is 9.48 Å². The minimum Gasteiger partial charge on any atom is -0.462 e. The zero-order valence-electron chi connectivity index (χ0n) is 15.4. The summed E-state index contributed by atoms with van der Waals surface area (Å²) in [5, 5.41) is 4.49. The number of hydrogen-bond donors (Lipinski definition) is 0. The molecule has 26 heavy (non-hydrogen) atoms. The lowest BCUT2D eigenvalue weighted by atomic mass is 10.2. The number of esters is 1. The van der Waals surface area contributed by atoms with Crippen LogP contribution in [0.4, 0.5) is 0 Å². The van der Waals surface area contributed by atoms with E-state index in [1.807, 2.05) is 69.3 Å². The highest BCUT2D eigenvalue weighted by Crippen LogP contribution is 2.19. The molecule has 0 saturated carbocycles. The Balaban J connectivity index is 1.62. The summed E-state index contributed by atoms with van der Waals surface area (Å²) < 4.78 is 7.25. The van der Waals surface area contributed by atoms with Gasteiger partial charge in [-0.2, -0.15) is 5.10 Å². The lowest BCUT2D eigenvalue weighted by Crippen LogP contribution is -2.10. The second kappa shape index (κ2) is 7.95. The molecular formula is C21H23N3O2. The van der Waals surface area contributed by atoms with E-state index in [4.69, 9.17) is 4.74 Å². The normalized spacial score (nSPS) is 10.7. The van der Waals surface area contributed by atoms with Crippen molar-refractivity contribution in [2.75, 3.05) is 6.61 Å². The van der Waals surface area contributed by atoms with E-state index in [2.05, 4.69) is 10.1 Å². The first kappa shape index (κ1) is 17.9. The number of rotatable bonds is 6. The molecule has 0 bridgehead atoms. The molecule has 0 radical (unpaired) electrons. The van der Waals surface area contributed by atoms with Gasteiger partial charge in [0, 0.05) is 11.4 Å². The summed E-state index contributed by atoms with van der Waals surface area (Å²) in [7, 11) is 0. The topological polar surface area (TPSA) is 57.0 Å². The molecule has 5 nitrogen and oxygen atoms in total. The van der Waals surface area contributed by atoms with Crippen LogP contribution in [-0.2, 0) is 11.2 Å². The van der Waals surface area contributed by atoms with Gasteiger partial charge in [-0.05, 0) is 57.9 Å². The Morgan fingerprint density at radius 3 is 2.54 bits per heavy atom. The largest absolute Gasteiger partial charge is 0.462 e. The van der Waals surface area contributed by atoms with E-state index in [1.165, 1.54) is 0 Å². The van der Waals surface area contributed by atoms with Gasteiger partial charge in [0.1, 0.15) is 5.56 Å². The first-order chi connectivity index (χ1) is 12.6. The molecule has 0 aliphatic rings. The van der Waals surface area contributed by atoms with Gasteiger partial charge in [-0.1, -0.05) is 24.3 Å². The summed E-state index contributed by atoms with van der Waals surface area (Å²) >= 11 is 0. The van der Waals surface area contributed by atoms with Crippen molar-refractivity contribution in [3.05, 3.63) is 76.9 Å². The average molecular weight is 349 g/mol. The maximum absolute atomic E-state index is 12.5. The molecule has 0 spiro atoms. The molecule has 3 rings (SSSR count). The molecule has 0 saturated heterocycles. The predicted molar refractivity (Wildman–Crippen MR) is 101 cm³/mol. The lowest BCUT2D eigenvalue weighted by molar-refractivity contribution is 0.0498. The first-order valence-corrected chi connectivity index (χ1v) is 8.77. The van der Waals surface area contributed by atoms with Crippen LogP contribution < -0.4 is 0 Å². The van der Waals surface area contributed by atoms with Gasteiger partial charge < -0.3 is 4.74 Å². The molecule has 0 fully saturated rings. The Labute approximate surface area is 153 Å². The van der Waals surface area contributed by atoms with E-state index >= 15 is 0 Å². The van der Waals surface area contributed by atoms with Gasteiger partial charge in [0.2, 0.25) is 0 Å². The molecule has 0 aliphatic heterocycles. The fourth-order valence-electron chi connectivity index (χ4n) is 2.99. The highest BCUT2D eigenvalue weighted by molar-refractivity contribution is 5.92. The van der Waals surface area contributed by atoms with Crippen molar-refractivity contribution in [3.8, 4) is 5.69 Å². The molecule has 2 heterocycles. The number of carbonyl (C=O) groups excluding carboxylic acids is 1. The van der Waals surface area contributed by atoms with E-state index in [-0.39, 0.29) is 5.97 Å². The van der Waals surface area contributed by atoms with Crippen LogP contribution in [0.3, 0.4) is 0 Å². The van der Waals surface area contributed by atoms with Gasteiger partial charge in [-0.3, -0.25) is 4.98 Å². The third-order valence-electron chi connectivity index (χ3n) is 4.25. The van der Waals surface area contributed by atoms with Crippen LogP contribution >= 0.6 is 0 Å². The fraction of sp³-hybridized carbons (Fsp3) is 0.286. The third-order valence-corrected chi connectivity index (χ3v) is 4.25. The summed E-state index contributed by atoms with van der Waals surface area (Å²) in [5.41, 5.74) is 4.96. The summed E-state index contributed by atoms with van der Waals surface area (Å²) in [4.78, 5) is 17.0. The summed E-state index contributed by atoms with van der Waals surface area (Å²) in [5.74, 6) is -0.320. The van der Waals surface area contributed by atoms with E-state index in [0.717, 1.165) is 35.6 Å². The molecule has 3 aromatic rings. The number of aryl methyl sites for hydroxylation is 3. The number of para-hydroxylation sites is 1. The number of ether oxygens (including phenoxy) is 1. The fourth-order valence-corrected chi connectivity index (χ4v) is 2.99. The van der Waals surface area contributed by atoms with Crippen molar-refractivity contribution >= 4 is 5.97 Å². The summed E-state index contributed by atoms with van der Waals surface area (Å²) in [6.07, 6.45) is 1.53. The molecule has 134 valence electrons. The molecular weight excluding hydrogens is 326 g/mol. The maximum Gasteiger partial charge on any atom is 0.341 e. The molecule has 0 atom stereocenters. The zero-order valence-corrected chi connectivity index (χ0v) is 15.4. The number of benzene rings is 1. The maximum atomic E-state index is 12.5. The Morgan fingerprint density at radius 2 is 1.81 bits per heavy atom. The van der Waals surface area contributed by atoms with Crippen molar-refractivity contribution < 1.29 is 9.53 Å². The van der Waals surface area contributed by atoms with Crippen LogP contribution in [0.2, 0.25) is 0 Å². The number of aromatic nitrogens is 3. The molecule has 0 unspecified atom stereocenters. The van der Waals surface area contributed by atoms with Crippen LogP contribution in [0.1, 0.15) is 39.6 Å². The molecule has 1 aromatic carbocycles. The molecule has 2 aromatic heterocycles. The Kier molecular flexibility index (Phi) is 5.46. The van der Waals surface area contributed by atoms with Crippen LogP contribution in [0.5, 0.6) is 0 Å². The molecule has 5 heteroatoms. The molecule has 0 aliphatic carbocycles. The Bertz CT molecular complexity index is 901.